The molecule has 2 radical (unpaired) electrons. The predicted molar refractivity (Wildman–Crippen MR) is 58.9 cm³/mol. The maximum Gasteiger partial charge on any atom is 0.250 e. The average Bonchev–Trinajstić information content (AvgIpc) is 2.17. The summed E-state index contributed by atoms with van der Waals surface area (Å²) in [4.78, 5) is 11.4. The molecule has 1 rings (SSSR count). The number of hydrogen-bond acceptors (Lipinski definition) is 1. The second-order valence-corrected chi connectivity index (χ2v) is 3.35. The van der Waals surface area contributed by atoms with Gasteiger partial charge in [0, 0.05) is 10.6 Å². The molecule has 0 fully saturated rings. The molecule has 0 saturated carbocycles. The van der Waals surface area contributed by atoms with Crippen molar-refractivity contribution in [2.24, 2.45) is 0 Å². The number of amides is 1. The Bertz CT molecular complexity index is 341. The molecular weight excluding hydrogens is 196 g/mol. The molecule has 0 spiro atoms. The standard InChI is InChI=1S/C10H11BClNO/c1-2-7-3-8(5-9(12)4-7)10(14)13-6-11/h3-5H,2,6H2,1H3,(H,13,14). The van der Waals surface area contributed by atoms with Crippen molar-refractivity contribution in [2.45, 2.75) is 13.3 Å². The zero-order valence-electron chi connectivity index (χ0n) is 8.01. The molecule has 0 saturated heterocycles. The number of halogens is 1. The highest BCUT2D eigenvalue weighted by atomic mass is 35.5. The van der Waals surface area contributed by atoms with Crippen LogP contribution in [0.1, 0.15) is 22.8 Å². The van der Waals surface area contributed by atoms with E-state index in [2.05, 4.69) is 5.32 Å². The van der Waals surface area contributed by atoms with Crippen molar-refractivity contribution < 1.29 is 4.79 Å². The van der Waals surface area contributed by atoms with Crippen molar-refractivity contribution in [3.63, 3.8) is 0 Å². The topological polar surface area (TPSA) is 29.1 Å². The van der Waals surface area contributed by atoms with Crippen LogP contribution in [-0.4, -0.2) is 20.2 Å². The first kappa shape index (κ1) is 11.1. The first-order valence-corrected chi connectivity index (χ1v) is 4.83. The Labute approximate surface area is 90.1 Å². The average molecular weight is 207 g/mol. The van der Waals surface area contributed by atoms with Gasteiger partial charge in [-0.1, -0.05) is 18.5 Å². The summed E-state index contributed by atoms with van der Waals surface area (Å²) >= 11 is 5.86. The van der Waals surface area contributed by atoms with E-state index in [0.29, 0.717) is 10.6 Å². The molecule has 1 aromatic carbocycles. The van der Waals surface area contributed by atoms with Gasteiger partial charge in [0.25, 0.3) is 5.91 Å². The van der Waals surface area contributed by atoms with Gasteiger partial charge >= 0.3 is 0 Å². The first-order chi connectivity index (χ1) is 6.67. The van der Waals surface area contributed by atoms with Gasteiger partial charge in [-0.05, 0) is 36.6 Å². The number of carbonyl (C=O) groups excluding carboxylic acids is 1. The third-order valence-corrected chi connectivity index (χ3v) is 2.11. The van der Waals surface area contributed by atoms with Gasteiger partial charge in [0.2, 0.25) is 0 Å². The fourth-order valence-corrected chi connectivity index (χ4v) is 1.44. The molecule has 1 aromatic rings. The lowest BCUT2D eigenvalue weighted by Gasteiger charge is -2.05. The normalized spacial score (nSPS) is 9.86. The van der Waals surface area contributed by atoms with Crippen LogP contribution >= 0.6 is 11.6 Å². The molecule has 1 amide bonds. The summed E-state index contributed by atoms with van der Waals surface area (Å²) in [6.45, 7) is 2.01. The quantitative estimate of drug-likeness (QED) is 0.752. The molecule has 0 unspecified atom stereocenters. The lowest BCUT2D eigenvalue weighted by molar-refractivity contribution is 0.0960. The van der Waals surface area contributed by atoms with Crippen molar-refractivity contribution in [3.8, 4) is 0 Å². The van der Waals surface area contributed by atoms with E-state index in [9.17, 15) is 4.79 Å². The van der Waals surface area contributed by atoms with Crippen LogP contribution in [-0.2, 0) is 6.42 Å². The number of benzene rings is 1. The lowest BCUT2D eigenvalue weighted by atomic mass is 10.1. The highest BCUT2D eigenvalue weighted by Gasteiger charge is 2.05. The van der Waals surface area contributed by atoms with E-state index in [-0.39, 0.29) is 12.4 Å². The second kappa shape index (κ2) is 5.06. The zero-order chi connectivity index (χ0) is 10.6. The molecule has 2 nitrogen and oxygen atoms in total. The highest BCUT2D eigenvalue weighted by molar-refractivity contribution is 6.31. The van der Waals surface area contributed by atoms with Gasteiger partial charge in [-0.2, -0.15) is 0 Å². The molecule has 4 heteroatoms. The van der Waals surface area contributed by atoms with E-state index in [4.69, 9.17) is 19.4 Å². The molecule has 0 atom stereocenters. The molecule has 0 aromatic heterocycles. The van der Waals surface area contributed by atoms with Gasteiger partial charge in [-0.15, -0.1) is 0 Å². The molecule has 0 aliphatic carbocycles. The number of aryl methyl sites for hydroxylation is 1. The molecule has 0 aliphatic rings. The highest BCUT2D eigenvalue weighted by Crippen LogP contribution is 2.15. The zero-order valence-corrected chi connectivity index (χ0v) is 8.77. The fraction of sp³-hybridized carbons (Fsp3) is 0.300. The molecular formula is C10H11BClNO. The summed E-state index contributed by atoms with van der Waals surface area (Å²) in [5.74, 6) is -0.190. The van der Waals surface area contributed by atoms with Gasteiger partial charge in [0.05, 0.1) is 7.85 Å². The van der Waals surface area contributed by atoms with Crippen LogP contribution in [0.4, 0.5) is 0 Å². The Morgan fingerprint density at radius 1 is 1.50 bits per heavy atom. The minimum absolute atomic E-state index is 0.132. The number of nitrogens with one attached hydrogen (secondary N) is 1. The maximum absolute atomic E-state index is 11.4. The van der Waals surface area contributed by atoms with Crippen LogP contribution in [0.2, 0.25) is 5.02 Å². The van der Waals surface area contributed by atoms with Gasteiger partial charge in [0.1, 0.15) is 0 Å². The Morgan fingerprint density at radius 2 is 2.21 bits per heavy atom. The third kappa shape index (κ3) is 2.77. The van der Waals surface area contributed by atoms with Gasteiger partial charge in [-0.25, -0.2) is 0 Å². The summed E-state index contributed by atoms with van der Waals surface area (Å²) < 4.78 is 0. The Balaban J connectivity index is 2.96. The number of carbonyl (C=O) groups is 1. The van der Waals surface area contributed by atoms with E-state index in [1.807, 2.05) is 19.1 Å². The number of hydrogen-bond donors (Lipinski definition) is 1. The molecule has 72 valence electrons. The minimum atomic E-state index is -0.190. The molecule has 14 heavy (non-hydrogen) atoms. The number of rotatable bonds is 3. The molecule has 0 bridgehead atoms. The van der Waals surface area contributed by atoms with E-state index in [0.717, 1.165) is 12.0 Å². The van der Waals surface area contributed by atoms with Crippen LogP contribution in [0, 0.1) is 0 Å². The van der Waals surface area contributed by atoms with Crippen molar-refractivity contribution in [2.75, 3.05) is 6.44 Å². The summed E-state index contributed by atoms with van der Waals surface area (Å²) in [5, 5.41) is 3.10. The Morgan fingerprint density at radius 3 is 2.79 bits per heavy atom. The Kier molecular flexibility index (Phi) is 4.02. The van der Waals surface area contributed by atoms with Crippen molar-refractivity contribution >= 4 is 25.4 Å². The van der Waals surface area contributed by atoms with Crippen molar-refractivity contribution in [3.05, 3.63) is 34.3 Å². The van der Waals surface area contributed by atoms with Crippen LogP contribution in [0.3, 0.4) is 0 Å². The van der Waals surface area contributed by atoms with Gasteiger partial charge in [-0.3, -0.25) is 4.79 Å². The maximum atomic E-state index is 11.4. The van der Waals surface area contributed by atoms with Crippen LogP contribution in [0.15, 0.2) is 18.2 Å². The Hall–Kier alpha value is -0.955. The van der Waals surface area contributed by atoms with Gasteiger partial charge in [0.15, 0.2) is 0 Å². The van der Waals surface area contributed by atoms with Crippen LogP contribution in [0.5, 0.6) is 0 Å². The SMILES string of the molecule is [B]CNC(=O)c1cc(Cl)cc(CC)c1. The molecule has 1 N–H and O–H groups in total. The van der Waals surface area contributed by atoms with Crippen LogP contribution < -0.4 is 5.32 Å². The lowest BCUT2D eigenvalue weighted by Crippen LogP contribution is -2.24. The largest absolute Gasteiger partial charge is 0.361 e. The second-order valence-electron chi connectivity index (χ2n) is 2.91. The van der Waals surface area contributed by atoms with E-state index in [1.54, 1.807) is 6.07 Å². The fourth-order valence-electron chi connectivity index (χ4n) is 1.18. The monoisotopic (exact) mass is 207 g/mol. The van der Waals surface area contributed by atoms with E-state index >= 15 is 0 Å². The first-order valence-electron chi connectivity index (χ1n) is 4.45. The van der Waals surface area contributed by atoms with E-state index in [1.165, 1.54) is 0 Å². The predicted octanol–water partition coefficient (Wildman–Crippen LogP) is 1.76. The van der Waals surface area contributed by atoms with E-state index < -0.39 is 0 Å². The summed E-state index contributed by atoms with van der Waals surface area (Å²) in [6.07, 6.45) is 0.982. The van der Waals surface area contributed by atoms with Crippen LogP contribution in [0.25, 0.3) is 0 Å². The minimum Gasteiger partial charge on any atom is -0.361 e. The summed E-state index contributed by atoms with van der Waals surface area (Å²) in [6, 6.07) is 5.30. The van der Waals surface area contributed by atoms with Gasteiger partial charge < -0.3 is 5.32 Å². The summed E-state index contributed by atoms with van der Waals surface area (Å²) in [5.41, 5.74) is 1.60. The van der Waals surface area contributed by atoms with Crippen molar-refractivity contribution in [1.82, 2.24) is 5.32 Å². The smallest absolute Gasteiger partial charge is 0.250 e. The summed E-state index contributed by atoms with van der Waals surface area (Å²) in [7, 11) is 5.21. The third-order valence-electron chi connectivity index (χ3n) is 1.89. The molecule has 0 aliphatic heterocycles. The van der Waals surface area contributed by atoms with Crippen molar-refractivity contribution in [1.29, 1.82) is 0 Å². The molecule has 0 heterocycles.